The topological polar surface area (TPSA) is 19.7 Å². The first-order valence-electron chi connectivity index (χ1n) is 12.4. The summed E-state index contributed by atoms with van der Waals surface area (Å²) in [6.45, 7) is 4.61. The van der Waals surface area contributed by atoms with Crippen LogP contribution in [0.4, 0.5) is 0 Å². The zero-order valence-electron chi connectivity index (χ0n) is 19.1. The minimum absolute atomic E-state index is 0.609. The van der Waals surface area contributed by atoms with Crippen LogP contribution in [0.5, 0.6) is 0 Å². The zero-order valence-corrected chi connectivity index (χ0v) is 19.1. The Morgan fingerprint density at radius 3 is 2.03 bits per heavy atom. The first kappa shape index (κ1) is 23.7. The van der Waals surface area contributed by atoms with Crippen molar-refractivity contribution in [2.75, 3.05) is 0 Å². The molecule has 0 aliphatic carbocycles. The molecule has 1 heterocycles. The van der Waals surface area contributed by atoms with Crippen LogP contribution >= 0.6 is 0 Å². The Morgan fingerprint density at radius 1 is 0.759 bits per heavy atom. The van der Waals surface area contributed by atoms with Gasteiger partial charge in [-0.25, -0.2) is 4.57 Å². The summed E-state index contributed by atoms with van der Waals surface area (Å²) in [6, 6.07) is 11.7. The monoisotopic (exact) mass is 397 g/mol. The number of aromatic nitrogens is 2. The van der Waals surface area contributed by atoms with E-state index in [9.17, 15) is 0 Å². The lowest BCUT2D eigenvalue weighted by atomic mass is 9.85. The molecule has 0 radical (unpaired) electrons. The third kappa shape index (κ3) is 9.65. The van der Waals surface area contributed by atoms with Crippen molar-refractivity contribution in [3.63, 3.8) is 0 Å². The van der Waals surface area contributed by atoms with Crippen molar-refractivity contribution in [3.8, 4) is 0 Å². The van der Waals surface area contributed by atoms with Gasteiger partial charge in [0.2, 0.25) is 6.33 Å². The highest BCUT2D eigenvalue weighted by atomic mass is 15.1. The van der Waals surface area contributed by atoms with Gasteiger partial charge in [-0.15, -0.1) is 0 Å². The van der Waals surface area contributed by atoms with Crippen LogP contribution in [0.1, 0.15) is 109 Å². The number of rotatable bonds is 17. The van der Waals surface area contributed by atoms with Gasteiger partial charge in [0.1, 0.15) is 18.4 Å². The summed E-state index contributed by atoms with van der Waals surface area (Å²) in [5.74, 6) is 0.715. The average Bonchev–Trinajstić information content (AvgIpc) is 3.28. The number of imidazole rings is 1. The van der Waals surface area contributed by atoms with Gasteiger partial charge in [-0.05, 0) is 31.2 Å². The number of hydrogen-bond donors (Lipinski definition) is 1. The number of aromatic amines is 1. The molecule has 0 bridgehead atoms. The van der Waals surface area contributed by atoms with Crippen LogP contribution in [0.15, 0.2) is 49.1 Å². The fourth-order valence-corrected chi connectivity index (χ4v) is 4.61. The third-order valence-electron chi connectivity index (χ3n) is 6.37. The van der Waals surface area contributed by atoms with Crippen molar-refractivity contribution in [2.24, 2.45) is 5.92 Å². The number of hydrogen-bond acceptors (Lipinski definition) is 0. The number of nitrogens with zero attached hydrogens (tertiary/aromatic N) is 1. The van der Waals surface area contributed by atoms with Crippen LogP contribution < -0.4 is 4.57 Å². The van der Waals surface area contributed by atoms with Crippen molar-refractivity contribution in [2.45, 2.75) is 110 Å². The van der Waals surface area contributed by atoms with Gasteiger partial charge in [-0.3, -0.25) is 4.98 Å². The molecule has 1 N–H and O–H groups in total. The summed E-state index contributed by atoms with van der Waals surface area (Å²) in [7, 11) is 0. The highest BCUT2D eigenvalue weighted by Gasteiger charge is 2.26. The second-order valence-corrected chi connectivity index (χ2v) is 8.84. The van der Waals surface area contributed by atoms with E-state index in [-0.39, 0.29) is 0 Å². The van der Waals surface area contributed by atoms with Gasteiger partial charge in [0, 0.05) is 5.92 Å². The number of unbranched alkanes of at least 4 members (excludes halogenated alkanes) is 9. The Kier molecular flexibility index (Phi) is 12.5. The SMILES string of the molecule is CCCCCCCCCCCC(C(CCCC)Cc1ccccc1)[n+]1cc[nH]c1. The van der Waals surface area contributed by atoms with Crippen LogP contribution in [0.2, 0.25) is 0 Å². The predicted octanol–water partition coefficient (Wildman–Crippen LogP) is 7.81. The summed E-state index contributed by atoms with van der Waals surface area (Å²) in [4.78, 5) is 3.28. The summed E-state index contributed by atoms with van der Waals surface area (Å²) in [6.07, 6.45) is 25.6. The van der Waals surface area contributed by atoms with Crippen LogP contribution in [0.25, 0.3) is 0 Å². The van der Waals surface area contributed by atoms with Gasteiger partial charge in [-0.2, -0.15) is 0 Å². The Hall–Kier alpha value is -1.57. The van der Waals surface area contributed by atoms with Gasteiger partial charge < -0.3 is 0 Å². The molecule has 2 unspecified atom stereocenters. The minimum Gasteiger partial charge on any atom is -0.250 e. The van der Waals surface area contributed by atoms with Crippen molar-refractivity contribution >= 4 is 0 Å². The molecule has 0 aliphatic heterocycles. The normalized spacial score (nSPS) is 13.4. The fraction of sp³-hybridized carbons (Fsp3) is 0.667. The molecular formula is C27H45N2+. The third-order valence-corrected chi connectivity index (χ3v) is 6.37. The minimum atomic E-state index is 0.609. The van der Waals surface area contributed by atoms with E-state index in [1.165, 1.54) is 95.5 Å². The molecule has 2 nitrogen and oxygen atoms in total. The lowest BCUT2D eigenvalue weighted by molar-refractivity contribution is -0.730. The van der Waals surface area contributed by atoms with E-state index < -0.39 is 0 Å². The largest absolute Gasteiger partial charge is 0.250 e. The van der Waals surface area contributed by atoms with Gasteiger partial charge in [-0.1, -0.05) is 108 Å². The maximum atomic E-state index is 3.28. The molecule has 0 spiro atoms. The Balaban J connectivity index is 1.86. The lowest BCUT2D eigenvalue weighted by Gasteiger charge is -2.25. The average molecular weight is 398 g/mol. The fourth-order valence-electron chi connectivity index (χ4n) is 4.61. The van der Waals surface area contributed by atoms with Crippen LogP contribution in [-0.2, 0) is 6.42 Å². The summed E-state index contributed by atoms with van der Waals surface area (Å²) in [5, 5.41) is 0. The van der Waals surface area contributed by atoms with Gasteiger partial charge >= 0.3 is 0 Å². The van der Waals surface area contributed by atoms with Crippen LogP contribution in [0, 0.1) is 5.92 Å². The quantitative estimate of drug-likeness (QED) is 0.207. The van der Waals surface area contributed by atoms with Gasteiger partial charge in [0.15, 0.2) is 0 Å². The van der Waals surface area contributed by atoms with Gasteiger partial charge in [0.05, 0.1) is 0 Å². The Labute approximate surface area is 180 Å². The zero-order chi connectivity index (χ0) is 20.6. The molecule has 2 heteroatoms. The van der Waals surface area contributed by atoms with Crippen molar-refractivity contribution in [3.05, 3.63) is 54.6 Å². The van der Waals surface area contributed by atoms with Gasteiger partial charge in [0.25, 0.3) is 0 Å². The van der Waals surface area contributed by atoms with E-state index >= 15 is 0 Å². The van der Waals surface area contributed by atoms with E-state index in [4.69, 9.17) is 0 Å². The smallest absolute Gasteiger partial charge is 0.241 e. The van der Waals surface area contributed by atoms with E-state index in [1.807, 2.05) is 0 Å². The Morgan fingerprint density at radius 2 is 1.41 bits per heavy atom. The molecule has 1 aromatic heterocycles. The molecule has 0 saturated carbocycles. The molecule has 0 aliphatic rings. The second kappa shape index (κ2) is 15.3. The summed E-state index contributed by atoms with van der Waals surface area (Å²) in [5.41, 5.74) is 1.49. The van der Waals surface area contributed by atoms with E-state index in [0.717, 1.165) is 0 Å². The second-order valence-electron chi connectivity index (χ2n) is 8.84. The highest BCUT2D eigenvalue weighted by molar-refractivity contribution is 5.15. The van der Waals surface area contributed by atoms with Crippen molar-refractivity contribution < 1.29 is 4.57 Å². The maximum Gasteiger partial charge on any atom is 0.241 e. The van der Waals surface area contributed by atoms with Crippen LogP contribution in [0.3, 0.4) is 0 Å². The maximum absolute atomic E-state index is 3.28. The lowest BCUT2D eigenvalue weighted by Crippen LogP contribution is -2.42. The molecule has 2 rings (SSSR count). The standard InChI is InChI=1S/C27H44N2/c1-3-5-7-8-9-10-11-12-16-20-27(29-22-21-28-24-29)26(19-6-4-2)23-25-17-14-13-15-18-25/h13-15,17-18,21-22,24,26-27H,3-12,16,19-20,23H2,1-2H3/p+1. The first-order valence-corrected chi connectivity index (χ1v) is 12.4. The van der Waals surface area contributed by atoms with Crippen molar-refractivity contribution in [1.29, 1.82) is 0 Å². The molecule has 1 aromatic carbocycles. The van der Waals surface area contributed by atoms with E-state index in [0.29, 0.717) is 12.0 Å². The molecule has 162 valence electrons. The number of H-pyrrole nitrogens is 1. The highest BCUT2D eigenvalue weighted by Crippen LogP contribution is 2.28. The molecule has 2 atom stereocenters. The molecule has 0 amide bonds. The molecular weight excluding hydrogens is 352 g/mol. The molecule has 2 aromatic rings. The predicted molar refractivity (Wildman–Crippen MR) is 125 cm³/mol. The van der Waals surface area contributed by atoms with E-state index in [2.05, 4.69) is 72.5 Å². The van der Waals surface area contributed by atoms with Crippen LogP contribution in [-0.4, -0.2) is 4.98 Å². The molecule has 29 heavy (non-hydrogen) atoms. The molecule has 0 saturated heterocycles. The first-order chi connectivity index (χ1) is 14.3. The summed E-state index contributed by atoms with van der Waals surface area (Å²) < 4.78 is 2.45. The molecule has 0 fully saturated rings. The number of nitrogens with one attached hydrogen (secondary N) is 1. The van der Waals surface area contributed by atoms with E-state index in [1.54, 1.807) is 0 Å². The summed E-state index contributed by atoms with van der Waals surface area (Å²) >= 11 is 0. The number of benzene rings is 1. The van der Waals surface area contributed by atoms with Crippen molar-refractivity contribution in [1.82, 2.24) is 4.98 Å². The Bertz CT molecular complexity index is 590.